The fourth-order valence-corrected chi connectivity index (χ4v) is 4.24. The molecule has 25 heavy (non-hydrogen) atoms. The average molecular weight is 373 g/mol. The zero-order valence-corrected chi connectivity index (χ0v) is 18.8. The lowest BCUT2D eigenvalue weighted by molar-refractivity contribution is 0.401. The van der Waals surface area contributed by atoms with Gasteiger partial charge in [-0.05, 0) is 19.3 Å². The Morgan fingerprint density at radius 3 is 1.04 bits per heavy atom. The molecule has 0 fully saturated rings. The molecule has 0 aliphatic heterocycles. The highest BCUT2D eigenvalue weighted by molar-refractivity contribution is 6.23. The Morgan fingerprint density at radius 2 is 0.680 bits per heavy atom. The normalized spacial score (nSPS) is 13.9. The third kappa shape index (κ3) is 17.5. The van der Waals surface area contributed by atoms with Crippen molar-refractivity contribution in [2.75, 3.05) is 0 Å². The van der Waals surface area contributed by atoms with Gasteiger partial charge in [-0.2, -0.15) is 0 Å². The molecule has 0 amide bonds. The van der Waals surface area contributed by atoms with Gasteiger partial charge in [0.25, 0.3) is 0 Å². The lowest BCUT2D eigenvalue weighted by Gasteiger charge is -2.27. The molecule has 0 aromatic rings. The summed E-state index contributed by atoms with van der Waals surface area (Å²) in [5, 5.41) is 0. The van der Waals surface area contributed by atoms with E-state index in [9.17, 15) is 0 Å². The molecule has 0 bridgehead atoms. The fraction of sp³-hybridized carbons (Fsp3) is 1.00. The molecule has 0 saturated heterocycles. The van der Waals surface area contributed by atoms with E-state index in [1.54, 1.807) is 0 Å². The fourth-order valence-electron chi connectivity index (χ4n) is 3.84. The van der Waals surface area contributed by atoms with E-state index >= 15 is 0 Å². The summed E-state index contributed by atoms with van der Waals surface area (Å²) in [7, 11) is 0. The topological polar surface area (TPSA) is 0 Å². The number of halogens is 1. The summed E-state index contributed by atoms with van der Waals surface area (Å²) in [5.74, 6) is 0. The van der Waals surface area contributed by atoms with Crippen LogP contribution in [0, 0.1) is 0 Å². The first-order valence-corrected chi connectivity index (χ1v) is 12.2. The molecule has 0 N–H and O–H groups in total. The van der Waals surface area contributed by atoms with Gasteiger partial charge in [0.05, 0.1) is 0 Å². The standard InChI is InChI=1S/C24H49Cl/c1-4-7-10-12-14-16-18-20-23-24(25,21-9-6-3)22-19-17-15-13-11-8-5-2/h4-23H2,1-3H3. The molecule has 0 heterocycles. The van der Waals surface area contributed by atoms with Gasteiger partial charge in [-0.25, -0.2) is 0 Å². The van der Waals surface area contributed by atoms with Crippen LogP contribution in [0.2, 0.25) is 0 Å². The Bertz CT molecular complexity index is 250. The third-order valence-corrected chi connectivity index (χ3v) is 6.25. The maximum absolute atomic E-state index is 7.06. The van der Waals surface area contributed by atoms with Crippen LogP contribution in [0.25, 0.3) is 0 Å². The number of alkyl halides is 1. The predicted molar refractivity (Wildman–Crippen MR) is 118 cm³/mol. The van der Waals surface area contributed by atoms with Gasteiger partial charge in [-0.3, -0.25) is 0 Å². The molecule has 0 aliphatic carbocycles. The van der Waals surface area contributed by atoms with Crippen LogP contribution in [0.3, 0.4) is 0 Å². The Morgan fingerprint density at radius 1 is 0.400 bits per heavy atom. The Kier molecular flexibility index (Phi) is 19.3. The number of hydrogen-bond donors (Lipinski definition) is 0. The van der Waals surface area contributed by atoms with E-state index in [0.717, 1.165) is 0 Å². The Hall–Kier alpha value is 0.290. The quantitative estimate of drug-likeness (QED) is 0.147. The first-order valence-electron chi connectivity index (χ1n) is 11.9. The van der Waals surface area contributed by atoms with Gasteiger partial charge in [0.1, 0.15) is 0 Å². The van der Waals surface area contributed by atoms with Crippen molar-refractivity contribution in [2.45, 2.75) is 154 Å². The molecule has 0 nitrogen and oxygen atoms in total. The Balaban J connectivity index is 3.79. The van der Waals surface area contributed by atoms with E-state index in [0.29, 0.717) is 0 Å². The van der Waals surface area contributed by atoms with Crippen molar-refractivity contribution < 1.29 is 0 Å². The van der Waals surface area contributed by atoms with Gasteiger partial charge in [0.15, 0.2) is 0 Å². The lowest BCUT2D eigenvalue weighted by atomic mass is 9.89. The second-order valence-corrected chi connectivity index (χ2v) is 9.15. The molecule has 0 aromatic carbocycles. The van der Waals surface area contributed by atoms with Crippen molar-refractivity contribution in [2.24, 2.45) is 0 Å². The van der Waals surface area contributed by atoms with Crippen molar-refractivity contribution >= 4 is 11.6 Å². The molecular weight excluding hydrogens is 324 g/mol. The molecule has 0 radical (unpaired) electrons. The summed E-state index contributed by atoms with van der Waals surface area (Å²) in [4.78, 5) is 0.113. The van der Waals surface area contributed by atoms with Crippen LogP contribution in [-0.2, 0) is 0 Å². The monoisotopic (exact) mass is 372 g/mol. The molecule has 152 valence electrons. The second kappa shape index (κ2) is 19.1. The number of hydrogen-bond acceptors (Lipinski definition) is 0. The summed E-state index contributed by atoms with van der Waals surface area (Å²) in [6, 6.07) is 0. The van der Waals surface area contributed by atoms with Gasteiger partial charge >= 0.3 is 0 Å². The van der Waals surface area contributed by atoms with Gasteiger partial charge in [-0.1, -0.05) is 130 Å². The van der Waals surface area contributed by atoms with Crippen molar-refractivity contribution in [3.05, 3.63) is 0 Å². The molecule has 1 atom stereocenters. The molecule has 1 unspecified atom stereocenters. The van der Waals surface area contributed by atoms with Gasteiger partial charge in [-0.15, -0.1) is 11.6 Å². The molecule has 0 aliphatic rings. The highest BCUT2D eigenvalue weighted by Crippen LogP contribution is 2.34. The first-order chi connectivity index (χ1) is 12.2. The maximum Gasteiger partial charge on any atom is 0.0446 e. The van der Waals surface area contributed by atoms with Crippen LogP contribution in [0.15, 0.2) is 0 Å². The zero-order chi connectivity index (χ0) is 18.6. The summed E-state index contributed by atoms with van der Waals surface area (Å²) in [5.41, 5.74) is 0. The van der Waals surface area contributed by atoms with E-state index in [1.807, 2.05) is 0 Å². The molecule has 0 saturated carbocycles. The highest BCUT2D eigenvalue weighted by atomic mass is 35.5. The van der Waals surface area contributed by atoms with Crippen molar-refractivity contribution in [3.63, 3.8) is 0 Å². The van der Waals surface area contributed by atoms with Crippen molar-refractivity contribution in [1.82, 2.24) is 0 Å². The van der Waals surface area contributed by atoms with E-state index < -0.39 is 0 Å². The van der Waals surface area contributed by atoms with E-state index in [2.05, 4.69) is 20.8 Å². The smallest absolute Gasteiger partial charge is 0.0446 e. The van der Waals surface area contributed by atoms with Crippen LogP contribution in [-0.4, -0.2) is 4.87 Å². The average Bonchev–Trinajstić information content (AvgIpc) is 2.61. The van der Waals surface area contributed by atoms with Crippen LogP contribution in [0.1, 0.15) is 149 Å². The van der Waals surface area contributed by atoms with E-state index in [4.69, 9.17) is 11.6 Å². The van der Waals surface area contributed by atoms with Crippen LogP contribution in [0.4, 0.5) is 0 Å². The van der Waals surface area contributed by atoms with Crippen LogP contribution in [0.5, 0.6) is 0 Å². The SMILES string of the molecule is CCCCCCCCCCC(Cl)(CCCC)CCCCCCCCC. The van der Waals surface area contributed by atoms with E-state index in [-0.39, 0.29) is 4.87 Å². The Labute approximate surface area is 165 Å². The molecule has 0 aromatic heterocycles. The molecule has 0 rings (SSSR count). The maximum atomic E-state index is 7.06. The molecular formula is C24H49Cl. The van der Waals surface area contributed by atoms with Crippen molar-refractivity contribution in [3.8, 4) is 0 Å². The summed E-state index contributed by atoms with van der Waals surface area (Å²) in [6.45, 7) is 6.88. The number of unbranched alkanes of at least 4 members (excludes halogenated alkanes) is 14. The van der Waals surface area contributed by atoms with E-state index in [1.165, 1.54) is 128 Å². The first kappa shape index (κ1) is 25.3. The summed E-state index contributed by atoms with van der Waals surface area (Å²) >= 11 is 7.06. The minimum Gasteiger partial charge on any atom is -0.119 e. The minimum absolute atomic E-state index is 0.113. The van der Waals surface area contributed by atoms with Gasteiger partial charge in [0, 0.05) is 4.87 Å². The van der Waals surface area contributed by atoms with Gasteiger partial charge < -0.3 is 0 Å². The highest BCUT2D eigenvalue weighted by Gasteiger charge is 2.25. The van der Waals surface area contributed by atoms with Crippen LogP contribution >= 0.6 is 11.6 Å². The van der Waals surface area contributed by atoms with Crippen LogP contribution < -0.4 is 0 Å². The summed E-state index contributed by atoms with van der Waals surface area (Å²) < 4.78 is 0. The second-order valence-electron chi connectivity index (χ2n) is 8.35. The summed E-state index contributed by atoms with van der Waals surface area (Å²) in [6.07, 6.45) is 27.3. The predicted octanol–water partition coefficient (Wildman–Crippen LogP) is 9.83. The third-order valence-electron chi connectivity index (χ3n) is 5.69. The van der Waals surface area contributed by atoms with Gasteiger partial charge in [0.2, 0.25) is 0 Å². The van der Waals surface area contributed by atoms with Crippen molar-refractivity contribution in [1.29, 1.82) is 0 Å². The zero-order valence-electron chi connectivity index (χ0n) is 18.0. The number of rotatable bonds is 20. The molecule has 0 spiro atoms. The largest absolute Gasteiger partial charge is 0.119 e. The molecule has 1 heteroatoms. The lowest BCUT2D eigenvalue weighted by Crippen LogP contribution is -2.21. The minimum atomic E-state index is 0.113.